The zero-order valence-corrected chi connectivity index (χ0v) is 18.2. The monoisotopic (exact) mass is 422 g/mol. The number of anilines is 1. The van der Waals surface area contributed by atoms with E-state index in [-0.39, 0.29) is 11.8 Å². The Morgan fingerprint density at radius 2 is 1.93 bits per heavy atom. The van der Waals surface area contributed by atoms with Crippen molar-refractivity contribution in [1.82, 2.24) is 15.1 Å². The van der Waals surface area contributed by atoms with Gasteiger partial charge in [-0.2, -0.15) is 5.10 Å². The van der Waals surface area contributed by atoms with E-state index in [2.05, 4.69) is 22.7 Å². The van der Waals surface area contributed by atoms with Crippen molar-refractivity contribution in [3.63, 3.8) is 0 Å². The number of aryl methyl sites for hydroxylation is 2. The third-order valence-electron chi connectivity index (χ3n) is 5.80. The summed E-state index contributed by atoms with van der Waals surface area (Å²) in [7, 11) is 0. The van der Waals surface area contributed by atoms with Crippen LogP contribution in [0.2, 0.25) is 5.02 Å². The van der Waals surface area contributed by atoms with E-state index in [1.54, 1.807) is 6.20 Å². The number of hydrogen-bond donors (Lipinski definition) is 2. The van der Waals surface area contributed by atoms with Crippen LogP contribution in [0.3, 0.4) is 0 Å². The summed E-state index contributed by atoms with van der Waals surface area (Å²) in [4.78, 5) is 13.2. The lowest BCUT2D eigenvalue weighted by Crippen LogP contribution is -2.29. The minimum Gasteiger partial charge on any atom is -0.322 e. The van der Waals surface area contributed by atoms with Crippen LogP contribution >= 0.6 is 11.6 Å². The first-order chi connectivity index (χ1) is 14.6. The van der Waals surface area contributed by atoms with Crippen LogP contribution in [0.15, 0.2) is 48.7 Å². The average molecular weight is 423 g/mol. The Hall–Kier alpha value is -2.63. The van der Waals surface area contributed by atoms with Gasteiger partial charge >= 0.3 is 0 Å². The fraction of sp³-hybridized carbons (Fsp3) is 0.333. The van der Waals surface area contributed by atoms with Crippen molar-refractivity contribution in [3.8, 4) is 5.69 Å². The van der Waals surface area contributed by atoms with Gasteiger partial charge in [-0.3, -0.25) is 4.79 Å². The smallest absolute Gasteiger partial charge is 0.259 e. The topological polar surface area (TPSA) is 59.0 Å². The molecule has 2 N–H and O–H groups in total. The summed E-state index contributed by atoms with van der Waals surface area (Å²) < 4.78 is 1.89. The summed E-state index contributed by atoms with van der Waals surface area (Å²) in [5.74, 6) is 0.134. The maximum Gasteiger partial charge on any atom is 0.259 e. The highest BCUT2D eigenvalue weighted by Gasteiger charge is 2.27. The predicted molar refractivity (Wildman–Crippen MR) is 122 cm³/mol. The molecule has 1 aromatic heterocycles. The van der Waals surface area contributed by atoms with Gasteiger partial charge in [-0.25, -0.2) is 4.68 Å². The number of nitrogens with one attached hydrogen (secondary N) is 2. The van der Waals surface area contributed by atoms with Crippen LogP contribution in [-0.2, 0) is 6.42 Å². The van der Waals surface area contributed by atoms with Crippen molar-refractivity contribution in [1.29, 1.82) is 0 Å². The quantitative estimate of drug-likeness (QED) is 0.600. The summed E-state index contributed by atoms with van der Waals surface area (Å²) >= 11 is 6.37. The van der Waals surface area contributed by atoms with Gasteiger partial charge in [0.2, 0.25) is 0 Å². The maximum absolute atomic E-state index is 13.2. The highest BCUT2D eigenvalue weighted by Crippen LogP contribution is 2.31. The first-order valence-electron chi connectivity index (χ1n) is 10.5. The van der Waals surface area contributed by atoms with Crippen LogP contribution in [0, 0.1) is 6.92 Å². The van der Waals surface area contributed by atoms with Crippen LogP contribution in [-0.4, -0.2) is 28.8 Å². The van der Waals surface area contributed by atoms with Gasteiger partial charge in [0, 0.05) is 16.6 Å². The molecule has 5 nitrogen and oxygen atoms in total. The highest BCUT2D eigenvalue weighted by molar-refractivity contribution is 6.31. The third-order valence-corrected chi connectivity index (χ3v) is 6.20. The van der Waals surface area contributed by atoms with Gasteiger partial charge in [-0.15, -0.1) is 0 Å². The van der Waals surface area contributed by atoms with E-state index in [1.165, 1.54) is 5.56 Å². The van der Waals surface area contributed by atoms with Gasteiger partial charge < -0.3 is 10.6 Å². The molecule has 6 heteroatoms. The second-order valence-corrected chi connectivity index (χ2v) is 8.22. The number of carbonyl (C=O) groups excluding carboxylic acids is 1. The molecular weight excluding hydrogens is 396 g/mol. The zero-order valence-electron chi connectivity index (χ0n) is 17.4. The Kier molecular flexibility index (Phi) is 6.21. The third kappa shape index (κ3) is 4.27. The van der Waals surface area contributed by atoms with Crippen molar-refractivity contribution < 1.29 is 4.79 Å². The van der Waals surface area contributed by atoms with E-state index in [4.69, 9.17) is 11.6 Å². The lowest BCUT2D eigenvalue weighted by atomic mass is 9.91. The van der Waals surface area contributed by atoms with Crippen LogP contribution in [0.1, 0.15) is 52.9 Å². The number of rotatable bonds is 5. The standard InChI is InChI=1S/C24H27ClN4O/c1-3-17-5-7-19(8-6-17)28-24(30)21-15-27-29(20-9-4-16(2)22(25)14-20)23(21)18-10-12-26-13-11-18/h4-9,14-15,18,26H,3,10-13H2,1-2H3,(H,28,30). The summed E-state index contributed by atoms with van der Waals surface area (Å²) in [5, 5.41) is 11.7. The van der Waals surface area contributed by atoms with Gasteiger partial charge in [0.1, 0.15) is 0 Å². The summed E-state index contributed by atoms with van der Waals surface area (Å²) in [6, 6.07) is 13.9. The minimum atomic E-state index is -0.128. The molecule has 3 aromatic rings. The van der Waals surface area contributed by atoms with E-state index in [9.17, 15) is 4.79 Å². The Morgan fingerprint density at radius 1 is 1.20 bits per heavy atom. The van der Waals surface area contributed by atoms with Crippen molar-refractivity contribution in [2.24, 2.45) is 0 Å². The molecule has 1 aliphatic heterocycles. The fourth-order valence-corrected chi connectivity index (χ4v) is 4.14. The van der Waals surface area contributed by atoms with Gasteiger partial charge in [-0.1, -0.05) is 36.7 Å². The van der Waals surface area contributed by atoms with Crippen molar-refractivity contribution in [2.45, 2.75) is 39.0 Å². The first-order valence-corrected chi connectivity index (χ1v) is 10.9. The van der Waals surface area contributed by atoms with Crippen LogP contribution < -0.4 is 10.6 Å². The normalized spacial score (nSPS) is 14.6. The molecule has 156 valence electrons. The molecule has 1 aliphatic rings. The summed E-state index contributed by atoms with van der Waals surface area (Å²) in [6.45, 7) is 5.96. The van der Waals surface area contributed by atoms with Gasteiger partial charge in [0.25, 0.3) is 5.91 Å². The molecule has 0 unspecified atom stereocenters. The fourth-order valence-electron chi connectivity index (χ4n) is 3.96. The Bertz CT molecular complexity index is 1040. The van der Waals surface area contributed by atoms with E-state index in [1.807, 2.05) is 54.1 Å². The number of amides is 1. The number of aromatic nitrogens is 2. The average Bonchev–Trinajstić information content (AvgIpc) is 3.22. The van der Waals surface area contributed by atoms with Gasteiger partial charge in [0.05, 0.1) is 23.1 Å². The molecule has 0 saturated carbocycles. The van der Waals surface area contributed by atoms with Crippen molar-refractivity contribution in [3.05, 3.63) is 76.1 Å². The van der Waals surface area contributed by atoms with E-state index < -0.39 is 0 Å². The molecule has 1 fully saturated rings. The van der Waals surface area contributed by atoms with E-state index in [0.29, 0.717) is 10.6 Å². The molecule has 0 bridgehead atoms. The summed E-state index contributed by atoms with van der Waals surface area (Å²) in [6.07, 6.45) is 4.59. The Morgan fingerprint density at radius 3 is 2.60 bits per heavy atom. The number of carbonyl (C=O) groups is 1. The molecule has 2 heterocycles. The van der Waals surface area contributed by atoms with Crippen molar-refractivity contribution in [2.75, 3.05) is 18.4 Å². The molecule has 30 heavy (non-hydrogen) atoms. The van der Waals surface area contributed by atoms with Crippen molar-refractivity contribution >= 4 is 23.2 Å². The largest absolute Gasteiger partial charge is 0.322 e. The SMILES string of the molecule is CCc1ccc(NC(=O)c2cnn(-c3ccc(C)c(Cl)c3)c2C2CCNCC2)cc1. The molecule has 0 aliphatic carbocycles. The predicted octanol–water partition coefficient (Wildman–Crippen LogP) is 5.12. The molecule has 0 atom stereocenters. The molecule has 0 spiro atoms. The van der Waals surface area contributed by atoms with Crippen LogP contribution in [0.25, 0.3) is 5.69 Å². The Balaban J connectivity index is 1.70. The number of hydrogen-bond acceptors (Lipinski definition) is 3. The molecule has 2 aromatic carbocycles. The highest BCUT2D eigenvalue weighted by atomic mass is 35.5. The van der Waals surface area contributed by atoms with E-state index >= 15 is 0 Å². The molecule has 4 rings (SSSR count). The number of halogens is 1. The maximum atomic E-state index is 13.2. The lowest BCUT2D eigenvalue weighted by molar-refractivity contribution is 0.102. The number of nitrogens with zero attached hydrogens (tertiary/aromatic N) is 2. The van der Waals surface area contributed by atoms with Gasteiger partial charge in [0.15, 0.2) is 0 Å². The minimum absolute atomic E-state index is 0.128. The van der Waals surface area contributed by atoms with E-state index in [0.717, 1.165) is 55.0 Å². The number of benzene rings is 2. The van der Waals surface area contributed by atoms with Gasteiger partial charge in [-0.05, 0) is 74.7 Å². The molecule has 1 saturated heterocycles. The van der Waals surface area contributed by atoms with Crippen LogP contribution in [0.5, 0.6) is 0 Å². The van der Waals surface area contributed by atoms with Crippen LogP contribution in [0.4, 0.5) is 5.69 Å². The first kappa shape index (κ1) is 20.6. The second kappa shape index (κ2) is 9.02. The lowest BCUT2D eigenvalue weighted by Gasteiger charge is -2.25. The number of piperidine rings is 1. The molecule has 1 amide bonds. The summed E-state index contributed by atoms with van der Waals surface area (Å²) in [5.41, 5.74) is 5.51. The second-order valence-electron chi connectivity index (χ2n) is 7.82. The molecular formula is C24H27ClN4O. The zero-order chi connectivity index (χ0) is 21.1. The Labute approximate surface area is 182 Å². The molecule has 0 radical (unpaired) electrons.